The Morgan fingerprint density at radius 1 is 1.00 bits per heavy atom. The zero-order chi connectivity index (χ0) is 21.8. The van der Waals surface area contributed by atoms with Gasteiger partial charge in [-0.25, -0.2) is 4.39 Å². The number of nitro benzene ring substituents is 1. The van der Waals surface area contributed by atoms with Crippen LogP contribution in [0.15, 0.2) is 77.8 Å². The van der Waals surface area contributed by atoms with Gasteiger partial charge in [-0.1, -0.05) is 42.1 Å². The number of hydrogen-bond acceptors (Lipinski definition) is 6. The fourth-order valence-electron chi connectivity index (χ4n) is 3.04. The van der Waals surface area contributed by atoms with E-state index in [1.54, 1.807) is 18.2 Å². The van der Waals surface area contributed by atoms with Crippen molar-refractivity contribution in [1.82, 2.24) is 10.2 Å². The summed E-state index contributed by atoms with van der Waals surface area (Å²) in [5.74, 6) is -0.598. The molecule has 0 atom stereocenters. The van der Waals surface area contributed by atoms with Crippen LogP contribution in [0.5, 0.6) is 0 Å². The number of benzene rings is 3. The minimum absolute atomic E-state index is 0.0528. The van der Waals surface area contributed by atoms with Gasteiger partial charge in [-0.15, -0.1) is 10.2 Å². The molecule has 154 valence electrons. The van der Waals surface area contributed by atoms with Gasteiger partial charge in [0.25, 0.3) is 5.69 Å². The molecule has 0 radical (unpaired) electrons. The molecule has 0 aliphatic rings. The van der Waals surface area contributed by atoms with Crippen molar-refractivity contribution in [1.29, 1.82) is 0 Å². The van der Waals surface area contributed by atoms with E-state index in [4.69, 9.17) is 0 Å². The van der Waals surface area contributed by atoms with Gasteiger partial charge in [0.1, 0.15) is 16.5 Å². The summed E-state index contributed by atoms with van der Waals surface area (Å²) in [6, 6.07) is 19.3. The van der Waals surface area contributed by atoms with Crippen molar-refractivity contribution in [3.05, 3.63) is 88.7 Å². The lowest BCUT2D eigenvalue weighted by atomic mass is 10.1. The highest BCUT2D eigenvalue weighted by Crippen LogP contribution is 2.31. The van der Waals surface area contributed by atoms with Crippen LogP contribution in [0.1, 0.15) is 0 Å². The highest BCUT2D eigenvalue weighted by Gasteiger charge is 2.14. The van der Waals surface area contributed by atoms with Crippen molar-refractivity contribution < 1.29 is 14.1 Å². The summed E-state index contributed by atoms with van der Waals surface area (Å²) < 4.78 is 13.3. The van der Waals surface area contributed by atoms with Gasteiger partial charge in [-0.2, -0.15) is 0 Å². The topological polar surface area (TPSA) is 98.0 Å². The molecule has 9 heteroatoms. The minimum Gasteiger partial charge on any atom is -0.325 e. The number of carbonyl (C=O) groups excluding carboxylic acids is 1. The summed E-state index contributed by atoms with van der Waals surface area (Å²) in [6.45, 7) is 0. The Hall–Kier alpha value is -3.85. The molecule has 3 aromatic carbocycles. The average molecular weight is 434 g/mol. The molecule has 1 amide bonds. The van der Waals surface area contributed by atoms with Crippen molar-refractivity contribution in [2.24, 2.45) is 0 Å². The van der Waals surface area contributed by atoms with E-state index < -0.39 is 4.92 Å². The van der Waals surface area contributed by atoms with E-state index in [1.807, 2.05) is 24.3 Å². The molecule has 0 aliphatic carbocycles. The van der Waals surface area contributed by atoms with Crippen LogP contribution in [0.4, 0.5) is 15.8 Å². The summed E-state index contributed by atoms with van der Waals surface area (Å²) in [5.41, 5.74) is 1.62. The molecule has 1 N–H and O–H groups in total. The number of nitrogens with zero attached hydrogens (tertiary/aromatic N) is 3. The number of nitrogens with one attached hydrogen (secondary N) is 1. The Morgan fingerprint density at radius 2 is 1.74 bits per heavy atom. The second kappa shape index (κ2) is 8.88. The van der Waals surface area contributed by atoms with Crippen LogP contribution in [0, 0.1) is 15.9 Å². The first-order valence-corrected chi connectivity index (χ1v) is 10.2. The molecular weight excluding hydrogens is 419 g/mol. The number of halogens is 1. The van der Waals surface area contributed by atoms with Gasteiger partial charge in [0.05, 0.1) is 10.7 Å². The maximum absolute atomic E-state index is 13.3. The maximum Gasteiger partial charge on any atom is 0.271 e. The molecule has 4 rings (SSSR count). The highest BCUT2D eigenvalue weighted by atomic mass is 32.2. The zero-order valence-electron chi connectivity index (χ0n) is 16.0. The van der Waals surface area contributed by atoms with Gasteiger partial charge in [0.15, 0.2) is 0 Å². The van der Waals surface area contributed by atoms with Crippen molar-refractivity contribution in [3.63, 3.8) is 0 Å². The van der Waals surface area contributed by atoms with E-state index in [1.165, 1.54) is 42.1 Å². The van der Waals surface area contributed by atoms with Crippen LogP contribution in [-0.4, -0.2) is 26.8 Å². The van der Waals surface area contributed by atoms with Crippen molar-refractivity contribution in [3.8, 4) is 11.3 Å². The molecule has 0 saturated heterocycles. The maximum atomic E-state index is 13.3. The first-order valence-electron chi connectivity index (χ1n) is 9.20. The Labute approximate surface area is 180 Å². The molecule has 0 fully saturated rings. The number of fused-ring (bicyclic) bond motifs is 1. The number of thioether (sulfide) groups is 1. The van der Waals surface area contributed by atoms with E-state index in [0.717, 1.165) is 16.3 Å². The Bertz CT molecular complexity index is 1280. The highest BCUT2D eigenvalue weighted by molar-refractivity contribution is 8.00. The standard InChI is InChI=1S/C22H15FN4O3S/c23-15-10-8-14(9-11-15)21-18-6-1-2-7-19(18)22(26-25-21)31-13-20(28)24-16-4-3-5-17(12-16)27(29)30/h1-12H,13H2,(H,24,28). The Balaban J connectivity index is 1.53. The molecule has 7 nitrogen and oxygen atoms in total. The number of aromatic nitrogens is 2. The number of carbonyl (C=O) groups is 1. The minimum atomic E-state index is -0.519. The molecule has 1 heterocycles. The van der Waals surface area contributed by atoms with Crippen LogP contribution in [0.2, 0.25) is 0 Å². The first-order chi connectivity index (χ1) is 15.0. The summed E-state index contributed by atoms with van der Waals surface area (Å²) >= 11 is 1.21. The lowest BCUT2D eigenvalue weighted by molar-refractivity contribution is -0.384. The lowest BCUT2D eigenvalue weighted by Crippen LogP contribution is -2.14. The molecule has 0 bridgehead atoms. The smallest absolute Gasteiger partial charge is 0.271 e. The second-order valence-electron chi connectivity index (χ2n) is 6.55. The normalized spacial score (nSPS) is 10.7. The van der Waals surface area contributed by atoms with Crippen LogP contribution < -0.4 is 5.32 Å². The monoisotopic (exact) mass is 434 g/mol. The molecule has 1 aromatic heterocycles. The van der Waals surface area contributed by atoms with Gasteiger partial charge < -0.3 is 5.32 Å². The summed E-state index contributed by atoms with van der Waals surface area (Å²) in [5, 5.41) is 24.3. The number of amides is 1. The number of anilines is 1. The van der Waals surface area contributed by atoms with Crippen molar-refractivity contribution in [2.75, 3.05) is 11.1 Å². The Morgan fingerprint density at radius 3 is 2.48 bits per heavy atom. The Kier molecular flexibility index (Phi) is 5.85. The summed E-state index contributed by atoms with van der Waals surface area (Å²) in [7, 11) is 0. The molecule has 4 aromatic rings. The third-order valence-electron chi connectivity index (χ3n) is 4.45. The molecule has 0 aliphatic heterocycles. The van der Waals surface area contributed by atoms with E-state index in [2.05, 4.69) is 15.5 Å². The van der Waals surface area contributed by atoms with Gasteiger partial charge in [-0.05, 0) is 30.3 Å². The van der Waals surface area contributed by atoms with Gasteiger partial charge in [-0.3, -0.25) is 14.9 Å². The predicted molar refractivity (Wildman–Crippen MR) is 117 cm³/mol. The first kappa shape index (κ1) is 20.4. The van der Waals surface area contributed by atoms with E-state index in [-0.39, 0.29) is 23.2 Å². The molecule has 0 unspecified atom stereocenters. The molecular formula is C22H15FN4O3S. The zero-order valence-corrected chi connectivity index (χ0v) is 16.8. The van der Waals surface area contributed by atoms with Crippen LogP contribution in [-0.2, 0) is 4.79 Å². The van der Waals surface area contributed by atoms with Gasteiger partial charge in [0, 0.05) is 34.2 Å². The fraction of sp³-hybridized carbons (Fsp3) is 0.0455. The number of non-ortho nitro benzene ring substituents is 1. The van der Waals surface area contributed by atoms with E-state index in [9.17, 15) is 19.3 Å². The van der Waals surface area contributed by atoms with Gasteiger partial charge in [0.2, 0.25) is 5.91 Å². The van der Waals surface area contributed by atoms with Gasteiger partial charge >= 0.3 is 0 Å². The van der Waals surface area contributed by atoms with Crippen molar-refractivity contribution in [2.45, 2.75) is 5.03 Å². The van der Waals surface area contributed by atoms with Crippen LogP contribution in [0.3, 0.4) is 0 Å². The lowest BCUT2D eigenvalue weighted by Gasteiger charge is -2.09. The third-order valence-corrected chi connectivity index (χ3v) is 5.43. The fourth-order valence-corrected chi connectivity index (χ4v) is 3.81. The predicted octanol–water partition coefficient (Wildman–Crippen LogP) is 5.07. The van der Waals surface area contributed by atoms with E-state index in [0.29, 0.717) is 16.4 Å². The summed E-state index contributed by atoms with van der Waals surface area (Å²) in [6.07, 6.45) is 0. The number of rotatable bonds is 6. The van der Waals surface area contributed by atoms with Crippen LogP contribution >= 0.6 is 11.8 Å². The molecule has 31 heavy (non-hydrogen) atoms. The quantitative estimate of drug-likeness (QED) is 0.258. The largest absolute Gasteiger partial charge is 0.325 e. The summed E-state index contributed by atoms with van der Waals surface area (Å²) in [4.78, 5) is 22.7. The van der Waals surface area contributed by atoms with Crippen LogP contribution in [0.25, 0.3) is 22.0 Å². The third kappa shape index (κ3) is 4.67. The molecule has 0 spiro atoms. The second-order valence-corrected chi connectivity index (χ2v) is 7.51. The number of nitro groups is 1. The SMILES string of the molecule is O=C(CSc1nnc(-c2ccc(F)cc2)c2ccccc12)Nc1cccc([N+](=O)[O-])c1. The molecule has 0 saturated carbocycles. The average Bonchev–Trinajstić information content (AvgIpc) is 2.78. The number of hydrogen-bond donors (Lipinski definition) is 1. The van der Waals surface area contributed by atoms with Crippen molar-refractivity contribution >= 4 is 39.8 Å². The van der Waals surface area contributed by atoms with E-state index >= 15 is 0 Å².